The molecule has 0 amide bonds. The Morgan fingerprint density at radius 2 is 2.38 bits per heavy atom. The largest absolute Gasteiger partial charge is 0.461 e. The zero-order chi connectivity index (χ0) is 14.7. The van der Waals surface area contributed by atoms with Gasteiger partial charge in [0.05, 0.1) is 12.3 Å². The summed E-state index contributed by atoms with van der Waals surface area (Å²) in [5.74, 6) is -0.302. The maximum atomic E-state index is 11.7. The Balaban J connectivity index is 1.58. The van der Waals surface area contributed by atoms with Gasteiger partial charge >= 0.3 is 5.97 Å². The Bertz CT molecular complexity index is 481. The summed E-state index contributed by atoms with van der Waals surface area (Å²) < 4.78 is 5.00. The van der Waals surface area contributed by atoms with Crippen LogP contribution in [0.5, 0.6) is 0 Å². The fourth-order valence-electron chi connectivity index (χ4n) is 2.85. The Kier molecular flexibility index (Phi) is 4.87. The van der Waals surface area contributed by atoms with Gasteiger partial charge < -0.3 is 10.1 Å². The predicted molar refractivity (Wildman–Crippen MR) is 82.5 cm³/mol. The van der Waals surface area contributed by atoms with E-state index in [2.05, 4.69) is 15.2 Å². The quantitative estimate of drug-likeness (QED) is 0.781. The van der Waals surface area contributed by atoms with E-state index in [0.717, 1.165) is 25.3 Å². The molecule has 5 nitrogen and oxygen atoms in total. The van der Waals surface area contributed by atoms with E-state index >= 15 is 0 Å². The van der Waals surface area contributed by atoms with Crippen LogP contribution in [0.25, 0.3) is 0 Å². The number of rotatable bonds is 7. The molecule has 0 spiro atoms. The Morgan fingerprint density at radius 1 is 1.52 bits per heavy atom. The second-order valence-corrected chi connectivity index (χ2v) is 6.68. The number of hydrogen-bond donors (Lipinski definition) is 1. The summed E-state index contributed by atoms with van der Waals surface area (Å²) in [4.78, 5) is 18.6. The van der Waals surface area contributed by atoms with Gasteiger partial charge in [0, 0.05) is 30.6 Å². The lowest BCUT2D eigenvalue weighted by atomic mass is 10.2. The molecule has 1 N–H and O–H groups in total. The van der Waals surface area contributed by atoms with E-state index < -0.39 is 0 Å². The Morgan fingerprint density at radius 3 is 3.05 bits per heavy atom. The van der Waals surface area contributed by atoms with E-state index in [1.807, 2.05) is 12.3 Å². The first-order valence-electron chi connectivity index (χ1n) is 7.85. The lowest BCUT2D eigenvalue weighted by Gasteiger charge is -2.24. The molecule has 1 saturated heterocycles. The van der Waals surface area contributed by atoms with Gasteiger partial charge in [-0.05, 0) is 39.2 Å². The number of nitrogens with one attached hydrogen (secondary N) is 1. The Labute approximate surface area is 129 Å². The lowest BCUT2D eigenvalue weighted by Crippen LogP contribution is -2.38. The normalized spacial score (nSPS) is 21.9. The van der Waals surface area contributed by atoms with Gasteiger partial charge in [0.15, 0.2) is 0 Å². The Hall–Kier alpha value is -0.980. The number of ether oxygens (including phenoxy) is 1. The van der Waals surface area contributed by atoms with Crippen LogP contribution in [-0.4, -0.2) is 47.6 Å². The SMILES string of the molecule is CCOC(=O)c1nc(CN(CC2CCCN2)C2CC2)cs1. The summed E-state index contributed by atoms with van der Waals surface area (Å²) in [6, 6.07) is 1.33. The number of aromatic nitrogens is 1. The molecule has 1 aliphatic carbocycles. The molecular weight excluding hydrogens is 286 g/mol. The second-order valence-electron chi connectivity index (χ2n) is 5.82. The van der Waals surface area contributed by atoms with Crippen molar-refractivity contribution in [2.75, 3.05) is 19.7 Å². The molecule has 3 rings (SSSR count). The number of carbonyl (C=O) groups is 1. The van der Waals surface area contributed by atoms with Crippen LogP contribution in [-0.2, 0) is 11.3 Å². The van der Waals surface area contributed by atoms with E-state index in [1.165, 1.54) is 37.0 Å². The molecule has 1 aromatic rings. The zero-order valence-corrected chi connectivity index (χ0v) is 13.3. The van der Waals surface area contributed by atoms with Gasteiger partial charge in [0.25, 0.3) is 0 Å². The van der Waals surface area contributed by atoms with Crippen molar-refractivity contribution in [2.45, 2.75) is 51.2 Å². The van der Waals surface area contributed by atoms with Crippen molar-refractivity contribution in [2.24, 2.45) is 0 Å². The first-order chi connectivity index (χ1) is 10.3. The molecule has 1 aromatic heterocycles. The van der Waals surface area contributed by atoms with E-state index in [4.69, 9.17) is 4.74 Å². The number of hydrogen-bond acceptors (Lipinski definition) is 6. The van der Waals surface area contributed by atoms with Crippen LogP contribution in [0.1, 0.15) is 48.1 Å². The highest BCUT2D eigenvalue weighted by atomic mass is 32.1. The standard InChI is InChI=1S/C15H23N3O2S/c1-2-20-15(19)14-17-12(10-21-14)9-18(13-5-6-13)8-11-4-3-7-16-11/h10-11,13,16H,2-9H2,1H3. The van der Waals surface area contributed by atoms with Crippen LogP contribution >= 0.6 is 11.3 Å². The molecule has 0 aromatic carbocycles. The van der Waals surface area contributed by atoms with Gasteiger partial charge in [0.2, 0.25) is 5.01 Å². The fourth-order valence-corrected chi connectivity index (χ4v) is 3.55. The van der Waals surface area contributed by atoms with E-state index in [-0.39, 0.29) is 5.97 Å². The van der Waals surface area contributed by atoms with Crippen LogP contribution < -0.4 is 5.32 Å². The molecule has 1 saturated carbocycles. The number of esters is 1. The average Bonchev–Trinajstić information content (AvgIpc) is 2.99. The minimum Gasteiger partial charge on any atom is -0.461 e. The van der Waals surface area contributed by atoms with Crippen LogP contribution in [0.4, 0.5) is 0 Å². The van der Waals surface area contributed by atoms with Crippen LogP contribution in [0, 0.1) is 0 Å². The maximum Gasteiger partial charge on any atom is 0.367 e. The van der Waals surface area contributed by atoms with E-state index in [1.54, 1.807) is 0 Å². The molecule has 116 valence electrons. The summed E-state index contributed by atoms with van der Waals surface area (Å²) in [5, 5.41) is 6.03. The molecule has 2 heterocycles. The average molecular weight is 309 g/mol. The van der Waals surface area contributed by atoms with Crippen molar-refractivity contribution in [1.29, 1.82) is 0 Å². The summed E-state index contributed by atoms with van der Waals surface area (Å²) in [6.45, 7) is 5.30. The molecular formula is C15H23N3O2S. The van der Waals surface area contributed by atoms with Crippen molar-refractivity contribution < 1.29 is 9.53 Å². The van der Waals surface area contributed by atoms with E-state index in [9.17, 15) is 4.79 Å². The third-order valence-electron chi connectivity index (χ3n) is 4.05. The first kappa shape index (κ1) is 14.9. The van der Waals surface area contributed by atoms with E-state index in [0.29, 0.717) is 23.7 Å². The summed E-state index contributed by atoms with van der Waals surface area (Å²) in [5.41, 5.74) is 0.993. The van der Waals surface area contributed by atoms with Crippen molar-refractivity contribution in [1.82, 2.24) is 15.2 Å². The summed E-state index contributed by atoms with van der Waals surface area (Å²) in [7, 11) is 0. The molecule has 21 heavy (non-hydrogen) atoms. The molecule has 1 unspecified atom stereocenters. The maximum absolute atomic E-state index is 11.7. The predicted octanol–water partition coefficient (Wildman–Crippen LogP) is 2.04. The molecule has 1 atom stereocenters. The minimum absolute atomic E-state index is 0.302. The fraction of sp³-hybridized carbons (Fsp3) is 0.733. The molecule has 0 radical (unpaired) electrons. The number of nitrogens with zero attached hydrogens (tertiary/aromatic N) is 2. The van der Waals surface area contributed by atoms with Crippen LogP contribution in [0.3, 0.4) is 0 Å². The summed E-state index contributed by atoms with van der Waals surface area (Å²) >= 11 is 1.39. The van der Waals surface area contributed by atoms with Crippen LogP contribution in [0.15, 0.2) is 5.38 Å². The molecule has 1 aliphatic heterocycles. The molecule has 0 bridgehead atoms. The molecule has 2 fully saturated rings. The zero-order valence-electron chi connectivity index (χ0n) is 12.5. The smallest absolute Gasteiger partial charge is 0.367 e. The first-order valence-corrected chi connectivity index (χ1v) is 8.73. The number of carbonyl (C=O) groups excluding carboxylic acids is 1. The van der Waals surface area contributed by atoms with Gasteiger partial charge in [-0.25, -0.2) is 9.78 Å². The third-order valence-corrected chi connectivity index (χ3v) is 4.92. The highest BCUT2D eigenvalue weighted by Crippen LogP contribution is 2.29. The topological polar surface area (TPSA) is 54.5 Å². The van der Waals surface area contributed by atoms with Crippen molar-refractivity contribution in [3.8, 4) is 0 Å². The highest BCUT2D eigenvalue weighted by Gasteiger charge is 2.31. The minimum atomic E-state index is -0.302. The number of thiazole rings is 1. The third kappa shape index (κ3) is 4.02. The van der Waals surface area contributed by atoms with Gasteiger partial charge in [-0.15, -0.1) is 11.3 Å². The second kappa shape index (κ2) is 6.85. The summed E-state index contributed by atoms with van der Waals surface area (Å²) in [6.07, 6.45) is 5.14. The van der Waals surface area contributed by atoms with Crippen molar-refractivity contribution in [3.05, 3.63) is 16.1 Å². The highest BCUT2D eigenvalue weighted by molar-refractivity contribution is 7.11. The van der Waals surface area contributed by atoms with Gasteiger partial charge in [-0.3, -0.25) is 4.90 Å². The van der Waals surface area contributed by atoms with Crippen molar-refractivity contribution >= 4 is 17.3 Å². The van der Waals surface area contributed by atoms with Crippen LogP contribution in [0.2, 0.25) is 0 Å². The molecule has 6 heteroatoms. The van der Waals surface area contributed by atoms with Crippen molar-refractivity contribution in [3.63, 3.8) is 0 Å². The lowest BCUT2D eigenvalue weighted by molar-refractivity contribution is 0.0525. The monoisotopic (exact) mass is 309 g/mol. The molecule has 2 aliphatic rings. The van der Waals surface area contributed by atoms with Gasteiger partial charge in [-0.1, -0.05) is 0 Å². The van der Waals surface area contributed by atoms with Gasteiger partial charge in [-0.2, -0.15) is 0 Å². The van der Waals surface area contributed by atoms with Gasteiger partial charge in [0.1, 0.15) is 0 Å².